The molecule has 3 amide bonds. The first-order valence-electron chi connectivity index (χ1n) is 6.09. The molecule has 0 aromatic carbocycles. The van der Waals surface area contributed by atoms with Crippen molar-refractivity contribution < 1.29 is 18.8 Å². The molecule has 2 heterocycles. The van der Waals surface area contributed by atoms with Gasteiger partial charge in [0, 0.05) is 6.08 Å². The van der Waals surface area contributed by atoms with Crippen molar-refractivity contribution in [2.75, 3.05) is 6.54 Å². The molecule has 1 atom stereocenters. The van der Waals surface area contributed by atoms with Gasteiger partial charge in [0.15, 0.2) is 4.67 Å². The third-order valence-electron chi connectivity index (χ3n) is 2.91. The minimum Gasteiger partial charge on any atom is -0.450 e. The Morgan fingerprint density at radius 1 is 1.55 bits per heavy atom. The van der Waals surface area contributed by atoms with Crippen molar-refractivity contribution in [3.63, 3.8) is 0 Å². The highest BCUT2D eigenvalue weighted by Gasteiger charge is 2.34. The molecule has 2 rings (SSSR count). The number of amides is 3. The SMILES string of the molecule is CCC1C(=O)NC(=O)CN1C(=O)C=Cc1ccc(Br)o1. The van der Waals surface area contributed by atoms with Crippen LogP contribution in [0.15, 0.2) is 27.3 Å². The van der Waals surface area contributed by atoms with Crippen LogP contribution in [-0.4, -0.2) is 35.2 Å². The molecule has 6 nitrogen and oxygen atoms in total. The summed E-state index contributed by atoms with van der Waals surface area (Å²) in [6.07, 6.45) is 3.24. The van der Waals surface area contributed by atoms with E-state index in [2.05, 4.69) is 21.2 Å². The van der Waals surface area contributed by atoms with E-state index in [1.807, 2.05) is 0 Å². The van der Waals surface area contributed by atoms with Crippen LogP contribution in [0, 0.1) is 0 Å². The zero-order valence-electron chi connectivity index (χ0n) is 10.8. The van der Waals surface area contributed by atoms with Crippen molar-refractivity contribution in [2.45, 2.75) is 19.4 Å². The predicted octanol–water partition coefficient (Wildman–Crippen LogP) is 1.32. The maximum Gasteiger partial charge on any atom is 0.249 e. The topological polar surface area (TPSA) is 79.6 Å². The fourth-order valence-electron chi connectivity index (χ4n) is 1.97. The molecule has 0 bridgehead atoms. The minimum absolute atomic E-state index is 0.116. The first-order valence-corrected chi connectivity index (χ1v) is 6.88. The molecule has 0 saturated carbocycles. The van der Waals surface area contributed by atoms with Crippen LogP contribution in [0.5, 0.6) is 0 Å². The first-order chi connectivity index (χ1) is 9.51. The number of carbonyl (C=O) groups is 3. The summed E-state index contributed by atoms with van der Waals surface area (Å²) in [7, 11) is 0. The highest BCUT2D eigenvalue weighted by molar-refractivity contribution is 9.10. The van der Waals surface area contributed by atoms with Crippen LogP contribution in [0.4, 0.5) is 0 Å². The average Bonchev–Trinajstić information content (AvgIpc) is 2.81. The second kappa shape index (κ2) is 6.04. The summed E-state index contributed by atoms with van der Waals surface area (Å²) < 4.78 is 5.79. The second-order valence-corrected chi connectivity index (χ2v) is 5.06. The number of halogens is 1. The highest BCUT2D eigenvalue weighted by atomic mass is 79.9. The molecule has 1 N–H and O–H groups in total. The molecule has 1 aliphatic rings. The first kappa shape index (κ1) is 14.5. The van der Waals surface area contributed by atoms with Crippen molar-refractivity contribution in [2.24, 2.45) is 0 Å². The second-order valence-electron chi connectivity index (χ2n) is 4.28. The van der Waals surface area contributed by atoms with Crippen molar-refractivity contribution in [1.29, 1.82) is 0 Å². The van der Waals surface area contributed by atoms with Crippen molar-refractivity contribution in [3.8, 4) is 0 Å². The van der Waals surface area contributed by atoms with Crippen molar-refractivity contribution >= 4 is 39.7 Å². The van der Waals surface area contributed by atoms with Gasteiger partial charge in [-0.15, -0.1) is 0 Å². The predicted molar refractivity (Wildman–Crippen MR) is 74.4 cm³/mol. The summed E-state index contributed by atoms with van der Waals surface area (Å²) in [5.74, 6) is -0.799. The molecule has 106 valence electrons. The Kier molecular flexibility index (Phi) is 4.39. The number of nitrogens with zero attached hydrogens (tertiary/aromatic N) is 1. The largest absolute Gasteiger partial charge is 0.450 e. The Morgan fingerprint density at radius 3 is 2.90 bits per heavy atom. The molecule has 7 heteroatoms. The van der Waals surface area contributed by atoms with E-state index in [1.165, 1.54) is 17.1 Å². The van der Waals surface area contributed by atoms with E-state index < -0.39 is 23.8 Å². The minimum atomic E-state index is -0.617. The molecule has 1 unspecified atom stereocenters. The van der Waals surface area contributed by atoms with E-state index in [4.69, 9.17) is 4.42 Å². The third-order valence-corrected chi connectivity index (χ3v) is 3.34. The van der Waals surface area contributed by atoms with E-state index in [-0.39, 0.29) is 6.54 Å². The standard InChI is InChI=1S/C13H13BrN2O4/c1-2-9-13(19)15-11(17)7-16(9)12(18)6-4-8-3-5-10(14)20-8/h3-6,9H,2,7H2,1H3,(H,15,17,19). The maximum atomic E-state index is 12.1. The van der Waals surface area contributed by atoms with Gasteiger partial charge in [0.1, 0.15) is 18.3 Å². The van der Waals surface area contributed by atoms with Gasteiger partial charge in [-0.2, -0.15) is 0 Å². The molecule has 1 aromatic heterocycles. The van der Waals surface area contributed by atoms with Crippen LogP contribution in [-0.2, 0) is 14.4 Å². The lowest BCUT2D eigenvalue weighted by Gasteiger charge is -2.32. The highest BCUT2D eigenvalue weighted by Crippen LogP contribution is 2.16. The van der Waals surface area contributed by atoms with E-state index in [9.17, 15) is 14.4 Å². The third kappa shape index (κ3) is 3.16. The zero-order chi connectivity index (χ0) is 14.7. The van der Waals surface area contributed by atoms with Crippen molar-refractivity contribution in [1.82, 2.24) is 10.2 Å². The number of furan rings is 1. The van der Waals surface area contributed by atoms with E-state index in [1.54, 1.807) is 19.1 Å². The zero-order valence-corrected chi connectivity index (χ0v) is 12.3. The van der Waals surface area contributed by atoms with Crippen LogP contribution in [0.2, 0.25) is 0 Å². The van der Waals surface area contributed by atoms with Crippen LogP contribution < -0.4 is 5.32 Å². The average molecular weight is 341 g/mol. The Labute approximate surface area is 123 Å². The maximum absolute atomic E-state index is 12.1. The molecule has 1 aliphatic heterocycles. The van der Waals surface area contributed by atoms with Gasteiger partial charge >= 0.3 is 0 Å². The number of rotatable bonds is 3. The fraction of sp³-hybridized carbons (Fsp3) is 0.308. The number of imide groups is 1. The molecule has 20 heavy (non-hydrogen) atoms. The van der Waals surface area contributed by atoms with Gasteiger partial charge in [-0.05, 0) is 40.6 Å². The summed E-state index contributed by atoms with van der Waals surface area (Å²) in [5.41, 5.74) is 0. The summed E-state index contributed by atoms with van der Waals surface area (Å²) >= 11 is 3.16. The molecular weight excluding hydrogens is 328 g/mol. The van der Waals surface area contributed by atoms with Crippen LogP contribution in [0.3, 0.4) is 0 Å². The normalized spacial score (nSPS) is 19.5. The number of nitrogens with one attached hydrogen (secondary N) is 1. The summed E-state index contributed by atoms with van der Waals surface area (Å²) in [6, 6.07) is 2.78. The summed E-state index contributed by atoms with van der Waals surface area (Å²) in [6.45, 7) is 1.67. The van der Waals surface area contributed by atoms with Crippen LogP contribution >= 0.6 is 15.9 Å². The smallest absolute Gasteiger partial charge is 0.249 e. The van der Waals surface area contributed by atoms with Gasteiger partial charge in [0.25, 0.3) is 0 Å². The lowest BCUT2D eigenvalue weighted by molar-refractivity contribution is -0.147. The van der Waals surface area contributed by atoms with Gasteiger partial charge in [0.05, 0.1) is 0 Å². The molecule has 1 saturated heterocycles. The lowest BCUT2D eigenvalue weighted by Crippen LogP contribution is -2.59. The molecule has 0 aliphatic carbocycles. The van der Waals surface area contributed by atoms with Crippen LogP contribution in [0.25, 0.3) is 6.08 Å². The Balaban J connectivity index is 2.12. The number of piperazine rings is 1. The van der Waals surface area contributed by atoms with Gasteiger partial charge in [-0.1, -0.05) is 6.92 Å². The summed E-state index contributed by atoms with van der Waals surface area (Å²) in [4.78, 5) is 36.4. The quantitative estimate of drug-likeness (QED) is 0.664. The number of hydrogen-bond acceptors (Lipinski definition) is 4. The fourth-order valence-corrected chi connectivity index (χ4v) is 2.29. The molecule has 0 radical (unpaired) electrons. The van der Waals surface area contributed by atoms with Gasteiger partial charge < -0.3 is 9.32 Å². The number of carbonyl (C=O) groups excluding carboxylic acids is 3. The van der Waals surface area contributed by atoms with Crippen LogP contribution in [0.1, 0.15) is 19.1 Å². The van der Waals surface area contributed by atoms with Gasteiger partial charge in [-0.3, -0.25) is 19.7 Å². The van der Waals surface area contributed by atoms with E-state index in [0.29, 0.717) is 16.9 Å². The molecule has 1 fully saturated rings. The van der Waals surface area contributed by atoms with Gasteiger partial charge in [0.2, 0.25) is 17.7 Å². The summed E-state index contributed by atoms with van der Waals surface area (Å²) in [5, 5.41) is 2.22. The Morgan fingerprint density at radius 2 is 2.30 bits per heavy atom. The molecule has 1 aromatic rings. The monoisotopic (exact) mass is 340 g/mol. The van der Waals surface area contributed by atoms with E-state index in [0.717, 1.165) is 0 Å². The Hall–Kier alpha value is -1.89. The van der Waals surface area contributed by atoms with Gasteiger partial charge in [-0.25, -0.2) is 0 Å². The Bertz CT molecular complexity index is 579. The van der Waals surface area contributed by atoms with E-state index >= 15 is 0 Å². The number of hydrogen-bond donors (Lipinski definition) is 1. The molecular formula is C13H13BrN2O4. The molecule has 0 spiro atoms. The lowest BCUT2D eigenvalue weighted by atomic mass is 10.1. The van der Waals surface area contributed by atoms with Crippen molar-refractivity contribution in [3.05, 3.63) is 28.6 Å².